The minimum Gasteiger partial charge on any atom is -0.465 e. The Bertz CT molecular complexity index is 1070. The first-order valence-corrected chi connectivity index (χ1v) is 16.2. The Balaban J connectivity index is 0.00000176. The molecule has 6 bridgehead atoms. The first-order valence-electron chi connectivity index (χ1n) is 16.2. The Morgan fingerprint density at radius 3 is 1.83 bits per heavy atom. The number of hydrogen-bond acceptors (Lipinski definition) is 7. The zero-order valence-corrected chi connectivity index (χ0v) is 24.6. The second kappa shape index (κ2) is 14.7. The molecule has 9 atom stereocenters. The van der Waals surface area contributed by atoms with Gasteiger partial charge in [-0.1, -0.05) is 72.3 Å². The lowest BCUT2D eigenvalue weighted by Crippen LogP contribution is -2.60. The average molecular weight is 651 g/mol. The third-order valence-corrected chi connectivity index (χ3v) is 13.7. The molecular weight excluding hydrogens is 580 g/mol. The molecule has 9 unspecified atom stereocenters. The molecule has 6 saturated carbocycles. The number of fused-ring (bicyclic) bond motifs is 5. The lowest BCUT2D eigenvalue weighted by molar-refractivity contribution is -0.217. The molecule has 8 fully saturated rings. The van der Waals surface area contributed by atoms with E-state index >= 15 is 0 Å². The number of hydrogen-bond donors (Lipinski definition) is 0. The van der Waals surface area contributed by atoms with Gasteiger partial charge in [0.25, 0.3) is 0 Å². The molecule has 7 nitrogen and oxygen atoms in total. The van der Waals surface area contributed by atoms with Crippen LogP contribution in [0.4, 0.5) is 0 Å². The highest BCUT2D eigenvalue weighted by atomic mass is 16.6. The molecule has 6 aliphatic carbocycles. The molecular formula is C39H70O7. The van der Waals surface area contributed by atoms with E-state index in [1.807, 2.05) is 0 Å². The first-order chi connectivity index (χ1) is 19.1. The Kier molecular flexibility index (Phi) is 13.4. The molecule has 2 saturated heterocycles. The van der Waals surface area contributed by atoms with Crippen molar-refractivity contribution in [2.24, 2.45) is 76.4 Å². The van der Waals surface area contributed by atoms with Gasteiger partial charge < -0.3 is 14.2 Å². The number of ether oxygens (including phenoxy) is 3. The van der Waals surface area contributed by atoms with Crippen molar-refractivity contribution in [3.63, 3.8) is 0 Å². The highest BCUT2D eigenvalue weighted by Crippen LogP contribution is 2.66. The molecule has 0 spiro atoms. The van der Waals surface area contributed by atoms with E-state index in [2.05, 4.69) is 20.8 Å². The minimum absolute atomic E-state index is 0. The van der Waals surface area contributed by atoms with Gasteiger partial charge in [-0.05, 0) is 106 Å². The SMILES string of the molecule is C.C.C.C.C.C.CCC(CC)(OC(=O)C(CC1C(C)C2CC1C1COC(=O)C21)C1C(=O)OC(=O)C1C)C12CC3CC(CC(C3)C1)C2. The van der Waals surface area contributed by atoms with Crippen LogP contribution in [0.25, 0.3) is 0 Å². The van der Waals surface area contributed by atoms with Crippen molar-refractivity contribution < 1.29 is 33.4 Å². The molecule has 0 aromatic carbocycles. The summed E-state index contributed by atoms with van der Waals surface area (Å²) in [7, 11) is 0. The molecule has 2 aliphatic heterocycles. The van der Waals surface area contributed by atoms with Crippen LogP contribution < -0.4 is 0 Å². The van der Waals surface area contributed by atoms with Gasteiger partial charge in [0.2, 0.25) is 0 Å². The van der Waals surface area contributed by atoms with Crippen LogP contribution in [0.15, 0.2) is 0 Å². The van der Waals surface area contributed by atoms with E-state index in [-0.39, 0.29) is 91.5 Å². The zero-order valence-electron chi connectivity index (χ0n) is 24.6. The summed E-state index contributed by atoms with van der Waals surface area (Å²) in [6.45, 7) is 8.70. The normalized spacial score (nSPS) is 41.2. The van der Waals surface area contributed by atoms with E-state index < -0.39 is 35.3 Å². The number of carbonyl (C=O) groups excluding carboxylic acids is 4. The molecule has 0 aromatic rings. The second-order valence-electron chi connectivity index (χ2n) is 15.1. The Morgan fingerprint density at radius 1 is 0.804 bits per heavy atom. The van der Waals surface area contributed by atoms with E-state index in [1.165, 1.54) is 19.3 Å². The molecule has 0 amide bonds. The lowest BCUT2D eigenvalue weighted by atomic mass is 9.44. The highest BCUT2D eigenvalue weighted by molar-refractivity contribution is 5.98. The summed E-state index contributed by atoms with van der Waals surface area (Å²) in [5.74, 6) is -0.328. The third-order valence-electron chi connectivity index (χ3n) is 13.7. The largest absolute Gasteiger partial charge is 0.465 e. The monoisotopic (exact) mass is 651 g/mol. The van der Waals surface area contributed by atoms with Crippen molar-refractivity contribution in [1.29, 1.82) is 0 Å². The summed E-state index contributed by atoms with van der Waals surface area (Å²) in [5, 5.41) is 0. The van der Waals surface area contributed by atoms with E-state index in [4.69, 9.17) is 14.2 Å². The highest BCUT2D eigenvalue weighted by Gasteiger charge is 2.64. The maximum atomic E-state index is 14.5. The van der Waals surface area contributed by atoms with Crippen LogP contribution in [0.1, 0.15) is 136 Å². The standard InChI is InChI=1S/C33H46O7.6CH4/c1-5-33(6-2,32-12-18-7-19(13-32)9-20(8-18)14-32)40-29(35)24(26-17(4)28(34)39-31(26)37)10-21-16(3)22-11-23(21)25-15-38-30(36)27(22)25;;;;;;/h16-27H,5-15H2,1-4H3;6*1H4. The lowest BCUT2D eigenvalue weighted by Gasteiger charge is -2.63. The average Bonchev–Trinajstić information content (AvgIpc) is 3.62. The maximum Gasteiger partial charge on any atom is 0.318 e. The van der Waals surface area contributed by atoms with Crippen molar-refractivity contribution in [3.05, 3.63) is 0 Å². The first kappa shape index (κ1) is 42.1. The van der Waals surface area contributed by atoms with Gasteiger partial charge in [0.1, 0.15) is 5.60 Å². The van der Waals surface area contributed by atoms with Crippen LogP contribution >= 0.6 is 0 Å². The van der Waals surface area contributed by atoms with Gasteiger partial charge in [0.15, 0.2) is 0 Å². The molecule has 8 rings (SSSR count). The molecule has 0 aromatic heterocycles. The predicted molar refractivity (Wildman–Crippen MR) is 184 cm³/mol. The van der Waals surface area contributed by atoms with Crippen LogP contribution in [0.2, 0.25) is 0 Å². The van der Waals surface area contributed by atoms with Crippen molar-refractivity contribution in [2.75, 3.05) is 6.61 Å². The summed E-state index contributed by atoms with van der Waals surface area (Å²) < 4.78 is 17.4. The van der Waals surface area contributed by atoms with Gasteiger partial charge in [-0.15, -0.1) is 0 Å². The van der Waals surface area contributed by atoms with Crippen LogP contribution in [0.3, 0.4) is 0 Å². The summed E-state index contributed by atoms with van der Waals surface area (Å²) >= 11 is 0. The molecule has 0 N–H and O–H groups in total. The second-order valence-corrected chi connectivity index (χ2v) is 15.1. The number of carbonyl (C=O) groups is 4. The maximum absolute atomic E-state index is 14.5. The summed E-state index contributed by atoms with van der Waals surface area (Å²) in [6, 6.07) is 0. The molecule has 8 aliphatic rings. The van der Waals surface area contributed by atoms with Crippen molar-refractivity contribution >= 4 is 23.9 Å². The molecule has 0 radical (unpaired) electrons. The smallest absolute Gasteiger partial charge is 0.318 e. The Hall–Kier alpha value is -1.92. The zero-order chi connectivity index (χ0) is 28.1. The van der Waals surface area contributed by atoms with Crippen molar-refractivity contribution in [3.8, 4) is 0 Å². The van der Waals surface area contributed by atoms with Crippen molar-refractivity contribution in [1.82, 2.24) is 0 Å². The van der Waals surface area contributed by atoms with Crippen LogP contribution in [-0.2, 0) is 33.4 Å². The van der Waals surface area contributed by atoms with E-state index in [0.717, 1.165) is 56.3 Å². The summed E-state index contributed by atoms with van der Waals surface area (Å²) in [5.41, 5.74) is -0.539. The topological polar surface area (TPSA) is 96.0 Å². The Labute approximate surface area is 282 Å². The van der Waals surface area contributed by atoms with Crippen LogP contribution in [-0.4, -0.2) is 36.1 Å². The van der Waals surface area contributed by atoms with Gasteiger partial charge in [0, 0.05) is 11.3 Å². The number of rotatable bonds is 8. The third kappa shape index (κ3) is 5.86. The van der Waals surface area contributed by atoms with E-state index in [9.17, 15) is 19.2 Å². The summed E-state index contributed by atoms with van der Waals surface area (Å²) in [6.07, 6.45) is 10.4. The molecule has 7 heteroatoms. The fourth-order valence-corrected chi connectivity index (χ4v) is 12.2. The van der Waals surface area contributed by atoms with Gasteiger partial charge in [-0.25, -0.2) is 0 Å². The summed E-state index contributed by atoms with van der Waals surface area (Å²) in [4.78, 5) is 52.6. The van der Waals surface area contributed by atoms with Crippen LogP contribution in [0.5, 0.6) is 0 Å². The predicted octanol–water partition coefficient (Wildman–Crippen LogP) is 9.15. The number of esters is 4. The molecule has 46 heavy (non-hydrogen) atoms. The van der Waals surface area contributed by atoms with E-state index in [1.54, 1.807) is 6.92 Å². The molecule has 2 heterocycles. The van der Waals surface area contributed by atoms with E-state index in [0.29, 0.717) is 18.9 Å². The Morgan fingerprint density at radius 2 is 1.35 bits per heavy atom. The van der Waals surface area contributed by atoms with Gasteiger partial charge in [-0.2, -0.15) is 0 Å². The fraction of sp³-hybridized carbons (Fsp3) is 0.897. The van der Waals surface area contributed by atoms with Gasteiger partial charge in [0.05, 0.1) is 30.3 Å². The molecule has 268 valence electrons. The minimum atomic E-state index is -0.814. The van der Waals surface area contributed by atoms with Crippen molar-refractivity contribution in [2.45, 2.75) is 142 Å². The quantitative estimate of drug-likeness (QED) is 0.147. The fourth-order valence-electron chi connectivity index (χ4n) is 12.2. The van der Waals surface area contributed by atoms with Gasteiger partial charge >= 0.3 is 23.9 Å². The van der Waals surface area contributed by atoms with Crippen LogP contribution in [0, 0.1) is 76.4 Å². The van der Waals surface area contributed by atoms with Gasteiger partial charge in [-0.3, -0.25) is 19.2 Å². The number of cyclic esters (lactones) is 3.